The second kappa shape index (κ2) is 10.9. The molecule has 0 aliphatic carbocycles. The number of likely N-dealkylation sites (tertiary alicyclic amines) is 1. The van der Waals surface area contributed by atoms with Crippen molar-refractivity contribution >= 4 is 23.6 Å². The van der Waals surface area contributed by atoms with Crippen LogP contribution >= 0.6 is 0 Å². The van der Waals surface area contributed by atoms with Crippen LogP contribution < -0.4 is 5.32 Å². The molecule has 2 aromatic carbocycles. The maximum absolute atomic E-state index is 13.4. The van der Waals surface area contributed by atoms with E-state index in [1.165, 1.54) is 42.4 Å². The third kappa shape index (κ3) is 5.10. The number of nitrogens with one attached hydrogen (secondary N) is 1. The summed E-state index contributed by atoms with van der Waals surface area (Å²) in [7, 11) is 0. The first kappa shape index (κ1) is 26.8. The molecule has 2 aromatic rings. The predicted octanol–water partition coefficient (Wildman–Crippen LogP) is 3.57. The van der Waals surface area contributed by atoms with Crippen LogP contribution in [0.25, 0.3) is 0 Å². The zero-order valence-electron chi connectivity index (χ0n) is 23.2. The van der Waals surface area contributed by atoms with Crippen LogP contribution in [0.5, 0.6) is 0 Å². The number of hydrogen-bond acceptors (Lipinski definition) is 6. The van der Waals surface area contributed by atoms with Gasteiger partial charge in [-0.25, -0.2) is 0 Å². The Morgan fingerprint density at radius 3 is 2.42 bits per heavy atom. The minimum atomic E-state index is -0.949. The van der Waals surface area contributed by atoms with E-state index < -0.39 is 23.8 Å². The van der Waals surface area contributed by atoms with Crippen LogP contribution in [0.4, 0.5) is 0 Å². The zero-order chi connectivity index (χ0) is 27.9. The van der Waals surface area contributed by atoms with Gasteiger partial charge in [0.15, 0.2) is 0 Å². The van der Waals surface area contributed by atoms with Crippen molar-refractivity contribution in [1.82, 2.24) is 15.1 Å². The van der Waals surface area contributed by atoms with E-state index in [4.69, 9.17) is 4.74 Å². The van der Waals surface area contributed by atoms with Gasteiger partial charge in [0.2, 0.25) is 11.8 Å². The average Bonchev–Trinajstić information content (AvgIpc) is 3.21. The van der Waals surface area contributed by atoms with Crippen molar-refractivity contribution in [3.63, 3.8) is 0 Å². The number of piperidine rings is 2. The monoisotopic (exact) mass is 543 g/mol. The number of imide groups is 2. The van der Waals surface area contributed by atoms with Gasteiger partial charge in [0.25, 0.3) is 11.8 Å². The van der Waals surface area contributed by atoms with Gasteiger partial charge in [-0.1, -0.05) is 30.3 Å². The molecular formula is C32H37N3O5. The SMILES string of the molecule is Cc1cc(CCc2cccc3c2C(=O)N(C2CCC(=O)NC2=O)C3=O)ccc1CN1CCC2(CCOCC2)CC1. The summed E-state index contributed by atoms with van der Waals surface area (Å²) in [6, 6.07) is 11.0. The van der Waals surface area contributed by atoms with Crippen molar-refractivity contribution in [2.75, 3.05) is 26.3 Å². The van der Waals surface area contributed by atoms with Crippen LogP contribution in [0.2, 0.25) is 0 Å². The lowest BCUT2D eigenvalue weighted by atomic mass is 9.72. The molecule has 1 atom stereocenters. The van der Waals surface area contributed by atoms with Crippen molar-refractivity contribution in [3.05, 3.63) is 69.8 Å². The number of aryl methyl sites for hydroxylation is 3. The van der Waals surface area contributed by atoms with Crippen LogP contribution in [0.1, 0.15) is 81.5 Å². The topological polar surface area (TPSA) is 96.0 Å². The number of ether oxygens (including phenoxy) is 1. The van der Waals surface area contributed by atoms with Crippen molar-refractivity contribution in [2.24, 2.45) is 5.41 Å². The summed E-state index contributed by atoms with van der Waals surface area (Å²) in [6.45, 7) is 7.25. The number of amides is 4. The Balaban J connectivity index is 1.10. The number of fused-ring (bicyclic) bond motifs is 1. The molecule has 4 heterocycles. The summed E-state index contributed by atoms with van der Waals surface area (Å²) in [4.78, 5) is 54.1. The van der Waals surface area contributed by atoms with Crippen LogP contribution in [-0.2, 0) is 33.7 Å². The molecule has 210 valence electrons. The zero-order valence-corrected chi connectivity index (χ0v) is 23.2. The van der Waals surface area contributed by atoms with Crippen molar-refractivity contribution < 1.29 is 23.9 Å². The fourth-order valence-corrected chi connectivity index (χ4v) is 6.89. The van der Waals surface area contributed by atoms with Gasteiger partial charge in [-0.05, 0) is 98.7 Å². The minimum absolute atomic E-state index is 0.111. The van der Waals surface area contributed by atoms with E-state index in [1.807, 2.05) is 6.07 Å². The van der Waals surface area contributed by atoms with Gasteiger partial charge in [-0.15, -0.1) is 0 Å². The lowest BCUT2D eigenvalue weighted by Crippen LogP contribution is -2.54. The molecular weight excluding hydrogens is 506 g/mol. The molecule has 4 amide bonds. The molecule has 3 fully saturated rings. The second-order valence-corrected chi connectivity index (χ2v) is 11.9. The second-order valence-electron chi connectivity index (χ2n) is 11.9. The number of benzene rings is 2. The lowest BCUT2D eigenvalue weighted by Gasteiger charge is -2.44. The highest BCUT2D eigenvalue weighted by molar-refractivity contribution is 6.24. The van der Waals surface area contributed by atoms with E-state index in [2.05, 4.69) is 35.3 Å². The molecule has 6 rings (SSSR count). The van der Waals surface area contributed by atoms with Crippen LogP contribution in [0.15, 0.2) is 36.4 Å². The molecule has 0 bridgehead atoms. The Hall–Kier alpha value is -3.36. The highest BCUT2D eigenvalue weighted by Gasteiger charge is 2.45. The summed E-state index contributed by atoms with van der Waals surface area (Å²) in [6.07, 6.45) is 6.55. The molecule has 8 nitrogen and oxygen atoms in total. The Morgan fingerprint density at radius 2 is 1.70 bits per heavy atom. The van der Waals surface area contributed by atoms with E-state index in [0.29, 0.717) is 23.0 Å². The Kier molecular flexibility index (Phi) is 7.31. The van der Waals surface area contributed by atoms with E-state index in [-0.39, 0.29) is 18.7 Å². The standard InChI is InChI=1S/C32H37N3O5/c1-21-19-22(6-8-24(21)20-34-15-11-32(12-16-34)13-17-40-18-14-32)5-7-23-3-2-4-25-28(23)31(39)35(30(25)38)26-9-10-27(36)33-29(26)37/h2-4,6,8,19,26H,5,7,9-18,20H2,1H3,(H,33,36,37). The Bertz CT molecular complexity index is 1350. The van der Waals surface area contributed by atoms with Crippen LogP contribution in [0, 0.1) is 12.3 Å². The molecule has 3 saturated heterocycles. The van der Waals surface area contributed by atoms with Gasteiger partial charge in [-0.3, -0.25) is 34.3 Å². The first-order valence-corrected chi connectivity index (χ1v) is 14.6. The third-order valence-corrected chi connectivity index (χ3v) is 9.51. The molecule has 1 N–H and O–H groups in total. The number of carbonyl (C=O) groups is 4. The lowest BCUT2D eigenvalue weighted by molar-refractivity contribution is -0.136. The normalized spacial score (nSPS) is 23.0. The Labute approximate surface area is 235 Å². The van der Waals surface area contributed by atoms with E-state index in [1.54, 1.807) is 12.1 Å². The number of nitrogens with zero attached hydrogens (tertiary/aromatic N) is 2. The molecule has 40 heavy (non-hydrogen) atoms. The summed E-state index contributed by atoms with van der Waals surface area (Å²) >= 11 is 0. The smallest absolute Gasteiger partial charge is 0.262 e. The summed E-state index contributed by atoms with van der Waals surface area (Å²) in [5, 5.41) is 2.25. The van der Waals surface area contributed by atoms with Gasteiger partial charge >= 0.3 is 0 Å². The minimum Gasteiger partial charge on any atom is -0.381 e. The van der Waals surface area contributed by atoms with Crippen molar-refractivity contribution in [3.8, 4) is 0 Å². The first-order chi connectivity index (χ1) is 19.3. The van der Waals surface area contributed by atoms with Gasteiger partial charge in [0.05, 0.1) is 11.1 Å². The molecule has 1 spiro atoms. The Morgan fingerprint density at radius 1 is 0.925 bits per heavy atom. The van der Waals surface area contributed by atoms with Crippen molar-refractivity contribution in [1.29, 1.82) is 0 Å². The number of hydrogen-bond donors (Lipinski definition) is 1. The third-order valence-electron chi connectivity index (χ3n) is 9.51. The maximum atomic E-state index is 13.4. The molecule has 1 unspecified atom stereocenters. The van der Waals surface area contributed by atoms with E-state index in [9.17, 15) is 19.2 Å². The van der Waals surface area contributed by atoms with Gasteiger partial charge in [-0.2, -0.15) is 0 Å². The number of rotatable bonds is 6. The summed E-state index contributed by atoms with van der Waals surface area (Å²) in [5.74, 6) is -1.87. The molecule has 0 radical (unpaired) electrons. The molecule has 4 aliphatic heterocycles. The summed E-state index contributed by atoms with van der Waals surface area (Å²) in [5.41, 5.74) is 5.85. The highest BCUT2D eigenvalue weighted by Crippen LogP contribution is 2.41. The van der Waals surface area contributed by atoms with Crippen LogP contribution in [-0.4, -0.2) is 65.8 Å². The van der Waals surface area contributed by atoms with Gasteiger partial charge in [0.1, 0.15) is 6.04 Å². The molecule has 0 saturated carbocycles. The van der Waals surface area contributed by atoms with Crippen LogP contribution in [0.3, 0.4) is 0 Å². The fraction of sp³-hybridized carbons (Fsp3) is 0.500. The maximum Gasteiger partial charge on any atom is 0.262 e. The quantitative estimate of drug-likeness (QED) is 0.560. The molecule has 0 aromatic heterocycles. The van der Waals surface area contributed by atoms with Gasteiger partial charge in [0, 0.05) is 26.2 Å². The number of carbonyl (C=O) groups excluding carboxylic acids is 4. The van der Waals surface area contributed by atoms with E-state index in [0.717, 1.165) is 49.7 Å². The highest BCUT2D eigenvalue weighted by atomic mass is 16.5. The largest absolute Gasteiger partial charge is 0.381 e. The molecule has 8 heteroatoms. The van der Waals surface area contributed by atoms with Gasteiger partial charge < -0.3 is 4.74 Å². The van der Waals surface area contributed by atoms with E-state index >= 15 is 0 Å². The predicted molar refractivity (Wildman–Crippen MR) is 149 cm³/mol. The fourth-order valence-electron chi connectivity index (χ4n) is 6.89. The summed E-state index contributed by atoms with van der Waals surface area (Å²) < 4.78 is 5.59. The average molecular weight is 544 g/mol. The first-order valence-electron chi connectivity index (χ1n) is 14.6. The van der Waals surface area contributed by atoms with Crippen molar-refractivity contribution in [2.45, 2.75) is 70.9 Å². The molecule has 4 aliphatic rings.